The van der Waals surface area contributed by atoms with E-state index in [9.17, 15) is 0 Å². The molecule has 19 heavy (non-hydrogen) atoms. The van der Waals surface area contributed by atoms with Crippen molar-refractivity contribution in [3.63, 3.8) is 0 Å². The average Bonchev–Trinajstić information content (AvgIpc) is 2.39. The second kappa shape index (κ2) is 5.51. The van der Waals surface area contributed by atoms with Gasteiger partial charge in [-0.05, 0) is 31.2 Å². The summed E-state index contributed by atoms with van der Waals surface area (Å²) >= 11 is 0. The van der Waals surface area contributed by atoms with E-state index in [4.69, 9.17) is 10.5 Å². The fourth-order valence-electron chi connectivity index (χ4n) is 1.58. The molecule has 0 aliphatic rings. The lowest BCUT2D eigenvalue weighted by molar-refractivity contribution is 0.340. The molecule has 2 aromatic rings. The molecule has 100 valence electrons. The predicted octanol–water partition coefficient (Wildman–Crippen LogP) is 1.59. The normalized spacial score (nSPS) is 10.3. The van der Waals surface area contributed by atoms with Crippen LogP contribution in [0.1, 0.15) is 6.92 Å². The summed E-state index contributed by atoms with van der Waals surface area (Å²) in [4.78, 5) is 14.4. The summed E-state index contributed by atoms with van der Waals surface area (Å²) in [6.45, 7) is 2.59. The molecule has 1 aromatic heterocycles. The van der Waals surface area contributed by atoms with Gasteiger partial charge in [0.1, 0.15) is 5.75 Å². The van der Waals surface area contributed by atoms with Gasteiger partial charge in [0.05, 0.1) is 6.61 Å². The minimum Gasteiger partial charge on any atom is -0.494 e. The summed E-state index contributed by atoms with van der Waals surface area (Å²) in [5, 5.41) is 0. The number of anilines is 2. The van der Waals surface area contributed by atoms with Crippen LogP contribution in [0.2, 0.25) is 0 Å². The monoisotopic (exact) mass is 259 g/mol. The van der Waals surface area contributed by atoms with E-state index >= 15 is 0 Å². The van der Waals surface area contributed by atoms with Gasteiger partial charge in [-0.2, -0.15) is 15.0 Å². The van der Waals surface area contributed by atoms with Crippen LogP contribution in [-0.4, -0.2) is 35.7 Å². The predicted molar refractivity (Wildman–Crippen MR) is 75.2 cm³/mol. The topological polar surface area (TPSA) is 77.2 Å². The molecule has 0 spiro atoms. The standard InChI is InChI=1S/C13H17N5O/c1-4-19-10-7-5-9(6-8-10)11-15-12(14)17-13(16-11)18(2)3/h5-8H,4H2,1-3H3,(H2,14,15,16,17). The second-order valence-electron chi connectivity index (χ2n) is 4.17. The van der Waals surface area contributed by atoms with Crippen LogP contribution in [-0.2, 0) is 0 Å². The van der Waals surface area contributed by atoms with Crippen molar-refractivity contribution in [2.75, 3.05) is 31.3 Å². The zero-order valence-electron chi connectivity index (χ0n) is 11.3. The number of hydrogen-bond acceptors (Lipinski definition) is 6. The minimum absolute atomic E-state index is 0.211. The molecule has 0 fully saturated rings. The number of nitrogens with zero attached hydrogens (tertiary/aromatic N) is 4. The summed E-state index contributed by atoms with van der Waals surface area (Å²) < 4.78 is 5.40. The summed E-state index contributed by atoms with van der Waals surface area (Å²) in [6.07, 6.45) is 0. The molecule has 0 aliphatic heterocycles. The van der Waals surface area contributed by atoms with Crippen LogP contribution in [0.4, 0.5) is 11.9 Å². The number of benzene rings is 1. The molecule has 6 heteroatoms. The highest BCUT2D eigenvalue weighted by atomic mass is 16.5. The number of ether oxygens (including phenoxy) is 1. The molecule has 0 saturated carbocycles. The maximum absolute atomic E-state index is 5.70. The van der Waals surface area contributed by atoms with Crippen LogP contribution in [0, 0.1) is 0 Å². The summed E-state index contributed by atoms with van der Waals surface area (Å²) in [5.74, 6) is 2.12. The maximum Gasteiger partial charge on any atom is 0.230 e. The molecule has 0 unspecified atom stereocenters. The van der Waals surface area contributed by atoms with Gasteiger partial charge < -0.3 is 15.4 Å². The number of hydrogen-bond donors (Lipinski definition) is 1. The van der Waals surface area contributed by atoms with Crippen LogP contribution in [0.5, 0.6) is 5.75 Å². The number of rotatable bonds is 4. The van der Waals surface area contributed by atoms with E-state index in [-0.39, 0.29) is 5.95 Å². The van der Waals surface area contributed by atoms with E-state index in [1.807, 2.05) is 45.3 Å². The van der Waals surface area contributed by atoms with Crippen LogP contribution < -0.4 is 15.4 Å². The van der Waals surface area contributed by atoms with Crippen molar-refractivity contribution in [1.29, 1.82) is 0 Å². The third-order valence-corrected chi connectivity index (χ3v) is 2.46. The summed E-state index contributed by atoms with van der Waals surface area (Å²) in [6, 6.07) is 7.57. The molecule has 6 nitrogen and oxygen atoms in total. The Morgan fingerprint density at radius 3 is 2.37 bits per heavy atom. The Balaban J connectivity index is 2.35. The van der Waals surface area contributed by atoms with E-state index in [1.165, 1.54) is 0 Å². The SMILES string of the molecule is CCOc1ccc(-c2nc(N)nc(N(C)C)n2)cc1. The molecule has 0 atom stereocenters. The molecule has 2 N–H and O–H groups in total. The van der Waals surface area contributed by atoms with Crippen molar-refractivity contribution < 1.29 is 4.74 Å². The van der Waals surface area contributed by atoms with Crippen LogP contribution in [0.15, 0.2) is 24.3 Å². The van der Waals surface area contributed by atoms with Gasteiger partial charge in [-0.25, -0.2) is 0 Å². The average molecular weight is 259 g/mol. The number of aromatic nitrogens is 3. The third kappa shape index (κ3) is 3.09. The molecule has 0 aliphatic carbocycles. The van der Waals surface area contributed by atoms with Crippen molar-refractivity contribution in [1.82, 2.24) is 15.0 Å². The highest BCUT2D eigenvalue weighted by molar-refractivity contribution is 5.58. The van der Waals surface area contributed by atoms with Gasteiger partial charge in [0, 0.05) is 19.7 Å². The van der Waals surface area contributed by atoms with Crippen LogP contribution >= 0.6 is 0 Å². The van der Waals surface area contributed by atoms with E-state index in [1.54, 1.807) is 4.90 Å². The van der Waals surface area contributed by atoms with Gasteiger partial charge in [-0.3, -0.25) is 0 Å². The lowest BCUT2D eigenvalue weighted by Crippen LogP contribution is -2.15. The second-order valence-corrected chi connectivity index (χ2v) is 4.17. The Bertz CT molecular complexity index is 553. The number of nitrogen functional groups attached to an aromatic ring is 1. The Kier molecular flexibility index (Phi) is 3.79. The fourth-order valence-corrected chi connectivity index (χ4v) is 1.58. The summed E-state index contributed by atoms with van der Waals surface area (Å²) in [7, 11) is 3.72. The molecule has 1 heterocycles. The minimum atomic E-state index is 0.211. The Hall–Kier alpha value is -2.37. The van der Waals surface area contributed by atoms with Gasteiger partial charge in [-0.1, -0.05) is 0 Å². The first-order chi connectivity index (χ1) is 9.10. The molecule has 2 rings (SSSR count). The fraction of sp³-hybridized carbons (Fsp3) is 0.308. The maximum atomic E-state index is 5.70. The smallest absolute Gasteiger partial charge is 0.230 e. The quantitative estimate of drug-likeness (QED) is 0.898. The van der Waals surface area contributed by atoms with E-state index in [0.717, 1.165) is 11.3 Å². The zero-order chi connectivity index (χ0) is 13.8. The van der Waals surface area contributed by atoms with Gasteiger partial charge >= 0.3 is 0 Å². The Morgan fingerprint density at radius 1 is 1.11 bits per heavy atom. The van der Waals surface area contributed by atoms with Gasteiger partial charge in [-0.15, -0.1) is 0 Å². The van der Waals surface area contributed by atoms with E-state index in [0.29, 0.717) is 18.4 Å². The summed E-state index contributed by atoms with van der Waals surface area (Å²) in [5.41, 5.74) is 6.57. The van der Waals surface area contributed by atoms with Crippen molar-refractivity contribution in [3.05, 3.63) is 24.3 Å². The van der Waals surface area contributed by atoms with E-state index < -0.39 is 0 Å². The lowest BCUT2D eigenvalue weighted by Gasteiger charge is -2.11. The molecule has 0 bridgehead atoms. The van der Waals surface area contributed by atoms with Gasteiger partial charge in [0.25, 0.3) is 0 Å². The zero-order valence-corrected chi connectivity index (χ0v) is 11.3. The van der Waals surface area contributed by atoms with Crippen molar-refractivity contribution >= 4 is 11.9 Å². The Labute approximate surface area is 112 Å². The van der Waals surface area contributed by atoms with Gasteiger partial charge in [0.15, 0.2) is 5.82 Å². The molecule has 0 radical (unpaired) electrons. The van der Waals surface area contributed by atoms with Crippen molar-refractivity contribution in [2.45, 2.75) is 6.92 Å². The Morgan fingerprint density at radius 2 is 1.79 bits per heavy atom. The van der Waals surface area contributed by atoms with Gasteiger partial charge in [0.2, 0.25) is 11.9 Å². The first-order valence-electron chi connectivity index (χ1n) is 6.02. The molecule has 0 saturated heterocycles. The van der Waals surface area contributed by atoms with Crippen LogP contribution in [0.25, 0.3) is 11.4 Å². The highest BCUT2D eigenvalue weighted by Gasteiger charge is 2.08. The van der Waals surface area contributed by atoms with Crippen LogP contribution in [0.3, 0.4) is 0 Å². The highest BCUT2D eigenvalue weighted by Crippen LogP contribution is 2.21. The molecular weight excluding hydrogens is 242 g/mol. The van der Waals surface area contributed by atoms with Crippen molar-refractivity contribution in [3.8, 4) is 17.1 Å². The third-order valence-electron chi connectivity index (χ3n) is 2.46. The molecular formula is C13H17N5O. The first-order valence-corrected chi connectivity index (χ1v) is 6.02. The van der Waals surface area contributed by atoms with Crippen molar-refractivity contribution in [2.24, 2.45) is 0 Å². The molecule has 1 aromatic carbocycles. The first kappa shape index (κ1) is 13.1. The molecule has 0 amide bonds. The number of nitrogens with two attached hydrogens (primary N) is 1. The lowest BCUT2D eigenvalue weighted by atomic mass is 10.2. The van der Waals surface area contributed by atoms with E-state index in [2.05, 4.69) is 15.0 Å². The largest absolute Gasteiger partial charge is 0.494 e.